The molecule has 6 heteroatoms. The normalized spacial score (nSPS) is 15.1. The van der Waals surface area contributed by atoms with Gasteiger partial charge in [0.2, 0.25) is 0 Å². The van der Waals surface area contributed by atoms with Gasteiger partial charge in [0.1, 0.15) is 6.61 Å². The quantitative estimate of drug-likeness (QED) is 0.562. The van der Waals surface area contributed by atoms with E-state index in [9.17, 15) is 9.59 Å². The number of amides is 2. The summed E-state index contributed by atoms with van der Waals surface area (Å²) in [5.74, 6) is 3.08. The Morgan fingerprint density at radius 1 is 1.15 bits per heavy atom. The van der Waals surface area contributed by atoms with Crippen molar-refractivity contribution in [3.63, 3.8) is 0 Å². The van der Waals surface area contributed by atoms with Gasteiger partial charge in [-0.05, 0) is 41.1 Å². The minimum Gasteiger partial charge on any atom is -0.493 e. The summed E-state index contributed by atoms with van der Waals surface area (Å²) in [5.41, 5.74) is 1.76. The molecule has 5 nitrogen and oxygen atoms in total. The topological polar surface area (TPSA) is 55.8 Å². The third-order valence-corrected chi connectivity index (χ3v) is 4.75. The van der Waals surface area contributed by atoms with Crippen LogP contribution in [-0.4, -0.2) is 29.7 Å². The largest absolute Gasteiger partial charge is 0.493 e. The molecule has 27 heavy (non-hydrogen) atoms. The Labute approximate surface area is 162 Å². The van der Waals surface area contributed by atoms with E-state index in [0.29, 0.717) is 23.0 Å². The molecule has 0 N–H and O–H groups in total. The number of ether oxygens (including phenoxy) is 2. The van der Waals surface area contributed by atoms with Crippen LogP contribution in [0, 0.1) is 12.3 Å². The van der Waals surface area contributed by atoms with Crippen LogP contribution in [0.25, 0.3) is 6.08 Å². The van der Waals surface area contributed by atoms with Crippen molar-refractivity contribution < 1.29 is 19.1 Å². The van der Waals surface area contributed by atoms with Gasteiger partial charge in [-0.3, -0.25) is 14.5 Å². The van der Waals surface area contributed by atoms with Gasteiger partial charge in [-0.15, -0.1) is 6.42 Å². The van der Waals surface area contributed by atoms with E-state index in [0.717, 1.165) is 27.8 Å². The van der Waals surface area contributed by atoms with Crippen LogP contribution in [0.5, 0.6) is 11.5 Å². The standard InChI is InChI=1S/C21H17NO4S/c1-3-11-22-20(23)19(27-21(22)24)13-16-9-10-17(25-2)18(12-16)26-14-15-7-5-4-6-8-15/h1,4-10,12-13H,11,14H2,2H3/b19-13+. The molecule has 1 aliphatic rings. The van der Waals surface area contributed by atoms with Gasteiger partial charge in [0.05, 0.1) is 18.6 Å². The van der Waals surface area contributed by atoms with Gasteiger partial charge in [-0.2, -0.15) is 0 Å². The molecular weight excluding hydrogens is 362 g/mol. The zero-order chi connectivity index (χ0) is 19.2. The van der Waals surface area contributed by atoms with Crippen molar-refractivity contribution in [3.05, 3.63) is 64.6 Å². The molecular formula is C21H17NO4S. The van der Waals surface area contributed by atoms with Gasteiger partial charge in [0.25, 0.3) is 11.1 Å². The van der Waals surface area contributed by atoms with Crippen LogP contribution in [0.15, 0.2) is 53.4 Å². The summed E-state index contributed by atoms with van der Waals surface area (Å²) in [6.45, 7) is 0.357. The maximum absolute atomic E-state index is 12.3. The van der Waals surface area contributed by atoms with E-state index in [4.69, 9.17) is 15.9 Å². The molecule has 0 bridgehead atoms. The Morgan fingerprint density at radius 2 is 1.93 bits per heavy atom. The Hall–Kier alpha value is -3.17. The zero-order valence-electron chi connectivity index (χ0n) is 14.7. The molecule has 136 valence electrons. The van der Waals surface area contributed by atoms with Crippen LogP contribution in [0.4, 0.5) is 4.79 Å². The van der Waals surface area contributed by atoms with Crippen molar-refractivity contribution in [2.24, 2.45) is 0 Å². The van der Waals surface area contributed by atoms with Crippen LogP contribution in [0.3, 0.4) is 0 Å². The molecule has 0 spiro atoms. The molecule has 1 fully saturated rings. The molecule has 1 aliphatic heterocycles. The van der Waals surface area contributed by atoms with E-state index in [1.54, 1.807) is 31.4 Å². The lowest BCUT2D eigenvalue weighted by molar-refractivity contribution is -0.122. The lowest BCUT2D eigenvalue weighted by Crippen LogP contribution is -2.28. The molecule has 2 aromatic carbocycles. The highest BCUT2D eigenvalue weighted by atomic mass is 32.2. The predicted molar refractivity (Wildman–Crippen MR) is 105 cm³/mol. The monoisotopic (exact) mass is 379 g/mol. The first kappa shape index (κ1) is 18.6. The number of terminal acetylenes is 1. The lowest BCUT2D eigenvalue weighted by atomic mass is 10.1. The molecule has 2 amide bonds. The average Bonchev–Trinajstić information content (AvgIpc) is 2.95. The molecule has 1 saturated heterocycles. The summed E-state index contributed by atoms with van der Waals surface area (Å²) in [6.07, 6.45) is 6.86. The number of carbonyl (C=O) groups excluding carboxylic acids is 2. The Morgan fingerprint density at radius 3 is 2.63 bits per heavy atom. The summed E-state index contributed by atoms with van der Waals surface area (Å²) < 4.78 is 11.2. The van der Waals surface area contributed by atoms with Gasteiger partial charge >= 0.3 is 0 Å². The Bertz CT molecular complexity index is 931. The number of methoxy groups -OCH3 is 1. The summed E-state index contributed by atoms with van der Waals surface area (Å²) in [7, 11) is 1.57. The fourth-order valence-corrected chi connectivity index (χ4v) is 3.35. The van der Waals surface area contributed by atoms with Gasteiger partial charge in [0.15, 0.2) is 11.5 Å². The van der Waals surface area contributed by atoms with Crippen molar-refractivity contribution in [3.8, 4) is 23.8 Å². The number of nitrogens with zero attached hydrogens (tertiary/aromatic N) is 1. The number of hydrogen-bond acceptors (Lipinski definition) is 5. The molecule has 2 aromatic rings. The van der Waals surface area contributed by atoms with E-state index in [2.05, 4.69) is 5.92 Å². The Balaban J connectivity index is 1.82. The molecule has 0 unspecified atom stereocenters. The maximum atomic E-state index is 12.3. The molecule has 0 saturated carbocycles. The smallest absolute Gasteiger partial charge is 0.294 e. The number of carbonyl (C=O) groups is 2. The minimum absolute atomic E-state index is 0.0317. The van der Waals surface area contributed by atoms with Crippen molar-refractivity contribution >= 4 is 29.0 Å². The molecule has 1 heterocycles. The first-order chi connectivity index (χ1) is 13.1. The van der Waals surface area contributed by atoms with Crippen LogP contribution < -0.4 is 9.47 Å². The van der Waals surface area contributed by atoms with Crippen molar-refractivity contribution in [2.75, 3.05) is 13.7 Å². The highest BCUT2D eigenvalue weighted by Gasteiger charge is 2.34. The van der Waals surface area contributed by atoms with Crippen molar-refractivity contribution in [1.82, 2.24) is 4.90 Å². The zero-order valence-corrected chi connectivity index (χ0v) is 15.5. The molecule has 0 aliphatic carbocycles. The second kappa shape index (κ2) is 8.47. The number of rotatable bonds is 6. The second-order valence-electron chi connectivity index (χ2n) is 5.66. The number of thioether (sulfide) groups is 1. The summed E-state index contributed by atoms with van der Waals surface area (Å²) in [6, 6.07) is 15.1. The third kappa shape index (κ3) is 4.33. The highest BCUT2D eigenvalue weighted by Crippen LogP contribution is 2.34. The van der Waals surface area contributed by atoms with Crippen LogP contribution in [-0.2, 0) is 11.4 Å². The average molecular weight is 379 g/mol. The van der Waals surface area contributed by atoms with Crippen molar-refractivity contribution in [2.45, 2.75) is 6.61 Å². The third-order valence-electron chi connectivity index (χ3n) is 3.85. The van der Waals surface area contributed by atoms with E-state index in [1.807, 2.05) is 30.3 Å². The Kier molecular flexibility index (Phi) is 5.84. The summed E-state index contributed by atoms with van der Waals surface area (Å²) >= 11 is 0.874. The van der Waals surface area contributed by atoms with E-state index in [1.165, 1.54) is 0 Å². The maximum Gasteiger partial charge on any atom is 0.294 e. The van der Waals surface area contributed by atoms with E-state index < -0.39 is 0 Å². The highest BCUT2D eigenvalue weighted by molar-refractivity contribution is 8.18. The SMILES string of the molecule is C#CCN1C(=O)S/C(=C/c2ccc(OC)c(OCc3ccccc3)c2)C1=O. The van der Waals surface area contributed by atoms with Gasteiger partial charge < -0.3 is 9.47 Å². The number of hydrogen-bond donors (Lipinski definition) is 0. The predicted octanol–water partition coefficient (Wildman–Crippen LogP) is 3.94. The second-order valence-corrected chi connectivity index (χ2v) is 6.65. The number of benzene rings is 2. The van der Waals surface area contributed by atoms with Crippen molar-refractivity contribution in [1.29, 1.82) is 0 Å². The fourth-order valence-electron chi connectivity index (χ4n) is 2.51. The van der Waals surface area contributed by atoms with Gasteiger partial charge in [-0.25, -0.2) is 0 Å². The van der Waals surface area contributed by atoms with Gasteiger partial charge in [-0.1, -0.05) is 42.3 Å². The summed E-state index contributed by atoms with van der Waals surface area (Å²) in [4.78, 5) is 25.6. The minimum atomic E-state index is -0.384. The van der Waals surface area contributed by atoms with E-state index in [-0.39, 0.29) is 17.7 Å². The molecule has 0 radical (unpaired) electrons. The molecule has 0 aromatic heterocycles. The van der Waals surface area contributed by atoms with E-state index >= 15 is 0 Å². The lowest BCUT2D eigenvalue weighted by Gasteiger charge is -2.12. The first-order valence-electron chi connectivity index (χ1n) is 8.16. The molecule has 3 rings (SSSR count). The summed E-state index contributed by atoms with van der Waals surface area (Å²) in [5, 5.41) is -0.363. The number of imide groups is 1. The van der Waals surface area contributed by atoms with Gasteiger partial charge in [0, 0.05) is 0 Å². The fraction of sp³-hybridized carbons (Fsp3) is 0.143. The van der Waals surface area contributed by atoms with Crippen LogP contribution in [0.1, 0.15) is 11.1 Å². The first-order valence-corrected chi connectivity index (χ1v) is 8.97. The van der Waals surface area contributed by atoms with Crippen LogP contribution in [0.2, 0.25) is 0 Å². The molecule has 0 atom stereocenters. The van der Waals surface area contributed by atoms with Crippen LogP contribution >= 0.6 is 11.8 Å².